The third-order valence-corrected chi connectivity index (χ3v) is 4.06. The van der Waals surface area contributed by atoms with Crippen LogP contribution in [0.2, 0.25) is 0 Å². The number of carbonyl (C=O) groups is 1. The molecule has 2 heterocycles. The molecule has 0 saturated heterocycles. The Balaban J connectivity index is 1.96. The van der Waals surface area contributed by atoms with Gasteiger partial charge in [0.25, 0.3) is 5.91 Å². The quantitative estimate of drug-likeness (QED) is 0.680. The molecule has 0 aliphatic carbocycles. The number of unbranched alkanes of at least 4 members (excludes halogenated alkanes) is 1. The zero-order valence-electron chi connectivity index (χ0n) is 15.8. The second-order valence-corrected chi connectivity index (χ2v) is 6.36. The van der Waals surface area contributed by atoms with Gasteiger partial charge in [-0.1, -0.05) is 48.8 Å². The van der Waals surface area contributed by atoms with E-state index in [1.807, 2.05) is 37.3 Å². The zero-order valence-corrected chi connectivity index (χ0v) is 15.8. The molecule has 3 aromatic rings. The van der Waals surface area contributed by atoms with Gasteiger partial charge in [-0.3, -0.25) is 4.79 Å². The maximum atomic E-state index is 12.8. The van der Waals surface area contributed by atoms with Crippen LogP contribution in [0.15, 0.2) is 47.0 Å². The van der Waals surface area contributed by atoms with Gasteiger partial charge >= 0.3 is 0 Å². The molecule has 7 nitrogen and oxygen atoms in total. The van der Waals surface area contributed by atoms with Gasteiger partial charge in [0.2, 0.25) is 0 Å². The lowest BCUT2D eigenvalue weighted by Crippen LogP contribution is -2.28. The molecule has 0 fully saturated rings. The lowest BCUT2D eigenvalue weighted by atomic mass is 10.2. The summed E-state index contributed by atoms with van der Waals surface area (Å²) in [6, 6.07) is 13.0. The second-order valence-electron chi connectivity index (χ2n) is 6.36. The van der Waals surface area contributed by atoms with Crippen molar-refractivity contribution in [2.45, 2.75) is 26.7 Å². The molecular weight excluding hydrogens is 342 g/mol. The van der Waals surface area contributed by atoms with E-state index >= 15 is 0 Å². The Hall–Kier alpha value is -3.22. The third kappa shape index (κ3) is 4.69. The average Bonchev–Trinajstić information content (AvgIpc) is 3.10. The van der Waals surface area contributed by atoms with Crippen LogP contribution in [0.1, 0.15) is 36.0 Å². The van der Waals surface area contributed by atoms with E-state index in [2.05, 4.69) is 27.4 Å². The van der Waals surface area contributed by atoms with Crippen molar-refractivity contribution < 1.29 is 9.32 Å². The minimum atomic E-state index is -0.137. The summed E-state index contributed by atoms with van der Waals surface area (Å²) < 4.78 is 5.08. The van der Waals surface area contributed by atoms with Gasteiger partial charge in [-0.2, -0.15) is 0 Å². The first-order valence-corrected chi connectivity index (χ1v) is 8.97. The SMILES string of the molecule is CCCCN(C)C(=O)c1cc(Nc2cc(C)on2)nc(-c2ccccc2)n1. The number of hydrogen-bond acceptors (Lipinski definition) is 6. The monoisotopic (exact) mass is 365 g/mol. The number of aryl methyl sites for hydroxylation is 1. The van der Waals surface area contributed by atoms with Crippen molar-refractivity contribution in [2.24, 2.45) is 0 Å². The Morgan fingerprint density at radius 3 is 2.59 bits per heavy atom. The number of rotatable bonds is 7. The Morgan fingerprint density at radius 1 is 1.15 bits per heavy atom. The van der Waals surface area contributed by atoms with Gasteiger partial charge in [-0.25, -0.2) is 9.97 Å². The first-order chi connectivity index (χ1) is 13.1. The van der Waals surface area contributed by atoms with Crippen molar-refractivity contribution in [1.82, 2.24) is 20.0 Å². The molecule has 140 valence electrons. The number of hydrogen-bond donors (Lipinski definition) is 1. The fourth-order valence-electron chi connectivity index (χ4n) is 2.59. The van der Waals surface area contributed by atoms with E-state index in [-0.39, 0.29) is 5.91 Å². The zero-order chi connectivity index (χ0) is 19.2. The first kappa shape index (κ1) is 18.6. The normalized spacial score (nSPS) is 10.6. The van der Waals surface area contributed by atoms with E-state index in [0.29, 0.717) is 35.5 Å². The summed E-state index contributed by atoms with van der Waals surface area (Å²) in [4.78, 5) is 23.5. The summed E-state index contributed by atoms with van der Waals surface area (Å²) in [6.45, 7) is 4.59. The molecule has 0 radical (unpaired) electrons. The van der Waals surface area contributed by atoms with Gasteiger partial charge in [0.1, 0.15) is 17.3 Å². The molecule has 0 saturated carbocycles. The topological polar surface area (TPSA) is 84.2 Å². The molecule has 0 aliphatic rings. The van der Waals surface area contributed by atoms with Crippen LogP contribution in [0.4, 0.5) is 11.6 Å². The number of nitrogens with one attached hydrogen (secondary N) is 1. The van der Waals surface area contributed by atoms with Crippen molar-refractivity contribution in [3.05, 3.63) is 53.9 Å². The molecule has 0 unspecified atom stereocenters. The van der Waals surface area contributed by atoms with E-state index in [1.54, 1.807) is 24.1 Å². The molecular formula is C20H23N5O2. The molecule has 0 spiro atoms. The van der Waals surface area contributed by atoms with Crippen LogP contribution in [-0.4, -0.2) is 39.5 Å². The molecule has 1 N–H and O–H groups in total. The van der Waals surface area contributed by atoms with Gasteiger partial charge in [0.05, 0.1) is 0 Å². The summed E-state index contributed by atoms with van der Waals surface area (Å²) in [5, 5.41) is 7.01. The van der Waals surface area contributed by atoms with Crippen LogP contribution in [0.3, 0.4) is 0 Å². The largest absolute Gasteiger partial charge is 0.360 e. The van der Waals surface area contributed by atoms with Crippen LogP contribution in [-0.2, 0) is 0 Å². The highest BCUT2D eigenvalue weighted by Gasteiger charge is 2.17. The minimum absolute atomic E-state index is 0.137. The summed E-state index contributed by atoms with van der Waals surface area (Å²) >= 11 is 0. The molecule has 0 bridgehead atoms. The number of carbonyl (C=O) groups excluding carboxylic acids is 1. The van der Waals surface area contributed by atoms with E-state index in [1.165, 1.54) is 0 Å². The maximum absolute atomic E-state index is 12.8. The minimum Gasteiger partial charge on any atom is -0.360 e. The number of anilines is 2. The van der Waals surface area contributed by atoms with Crippen LogP contribution < -0.4 is 5.32 Å². The van der Waals surface area contributed by atoms with E-state index in [9.17, 15) is 4.79 Å². The Labute approximate surface area is 158 Å². The van der Waals surface area contributed by atoms with Crippen LogP contribution in [0.5, 0.6) is 0 Å². The third-order valence-electron chi connectivity index (χ3n) is 4.06. The van der Waals surface area contributed by atoms with Crippen molar-refractivity contribution >= 4 is 17.5 Å². The van der Waals surface area contributed by atoms with Gasteiger partial charge in [-0.05, 0) is 13.3 Å². The number of nitrogens with zero attached hydrogens (tertiary/aromatic N) is 4. The van der Waals surface area contributed by atoms with E-state index in [4.69, 9.17) is 4.52 Å². The summed E-state index contributed by atoms with van der Waals surface area (Å²) in [7, 11) is 1.79. The lowest BCUT2D eigenvalue weighted by Gasteiger charge is -2.17. The number of benzene rings is 1. The van der Waals surface area contributed by atoms with Crippen LogP contribution in [0, 0.1) is 6.92 Å². The Bertz CT molecular complexity index is 908. The Morgan fingerprint density at radius 2 is 1.93 bits per heavy atom. The highest BCUT2D eigenvalue weighted by molar-refractivity contribution is 5.93. The molecule has 3 rings (SSSR count). The number of aromatic nitrogens is 3. The highest BCUT2D eigenvalue weighted by Crippen LogP contribution is 2.21. The molecule has 27 heavy (non-hydrogen) atoms. The fraction of sp³-hybridized carbons (Fsp3) is 0.300. The smallest absolute Gasteiger partial charge is 0.272 e. The number of amides is 1. The van der Waals surface area contributed by atoms with Crippen molar-refractivity contribution in [3.8, 4) is 11.4 Å². The van der Waals surface area contributed by atoms with Gasteiger partial charge in [0.15, 0.2) is 11.6 Å². The summed E-state index contributed by atoms with van der Waals surface area (Å²) in [6.07, 6.45) is 1.97. The predicted molar refractivity (Wildman–Crippen MR) is 104 cm³/mol. The van der Waals surface area contributed by atoms with Gasteiger partial charge in [-0.15, -0.1) is 0 Å². The average molecular weight is 365 g/mol. The van der Waals surface area contributed by atoms with Crippen molar-refractivity contribution in [3.63, 3.8) is 0 Å². The highest BCUT2D eigenvalue weighted by atomic mass is 16.5. The fourth-order valence-corrected chi connectivity index (χ4v) is 2.59. The summed E-state index contributed by atoms with van der Waals surface area (Å²) in [5.74, 6) is 2.05. The Kier molecular flexibility index (Phi) is 5.80. The summed E-state index contributed by atoms with van der Waals surface area (Å²) in [5.41, 5.74) is 1.17. The molecule has 1 amide bonds. The first-order valence-electron chi connectivity index (χ1n) is 8.97. The maximum Gasteiger partial charge on any atom is 0.272 e. The van der Waals surface area contributed by atoms with Gasteiger partial charge in [0, 0.05) is 31.3 Å². The van der Waals surface area contributed by atoms with E-state index in [0.717, 1.165) is 18.4 Å². The molecule has 1 aromatic carbocycles. The lowest BCUT2D eigenvalue weighted by molar-refractivity contribution is 0.0787. The molecule has 7 heteroatoms. The second kappa shape index (κ2) is 8.44. The van der Waals surface area contributed by atoms with E-state index < -0.39 is 0 Å². The van der Waals surface area contributed by atoms with Crippen molar-refractivity contribution in [1.29, 1.82) is 0 Å². The standard InChI is InChI=1S/C20H23N5O2/c1-4-5-11-25(3)20(26)16-13-17(22-18-12-14(2)27-24-18)23-19(21-16)15-9-7-6-8-10-15/h6-10,12-13H,4-5,11H2,1-3H3,(H,21,22,23,24). The van der Waals surface area contributed by atoms with Crippen LogP contribution in [0.25, 0.3) is 11.4 Å². The predicted octanol–water partition coefficient (Wildman–Crippen LogP) is 4.06. The van der Waals surface area contributed by atoms with Gasteiger partial charge < -0.3 is 14.7 Å². The van der Waals surface area contributed by atoms with Crippen molar-refractivity contribution in [2.75, 3.05) is 18.9 Å². The molecule has 0 aliphatic heterocycles. The molecule has 0 atom stereocenters. The van der Waals surface area contributed by atoms with Crippen LogP contribution >= 0.6 is 0 Å². The molecule has 2 aromatic heterocycles.